The molecule has 0 unspecified atom stereocenters. The van der Waals surface area contributed by atoms with Crippen LogP contribution in [-0.2, 0) is 4.74 Å². The summed E-state index contributed by atoms with van der Waals surface area (Å²) in [6.45, 7) is 8.94. The highest BCUT2D eigenvalue weighted by Gasteiger charge is 2.13. The standard InChI is InChI=1S/C18H26N4O3S/c1-14(15-3-4-16-17(13-15)25-10-2-9-24-16)20-21-18(26)19-5-6-22-7-11-23-12-8-22/h3-4,13H,2,5-12H2,1H3,(H2,19,21,26)/p+1/b20-14-. The lowest BCUT2D eigenvalue weighted by atomic mass is 10.1. The third-order valence-corrected chi connectivity index (χ3v) is 4.69. The van der Waals surface area contributed by atoms with E-state index in [1.807, 2.05) is 25.1 Å². The van der Waals surface area contributed by atoms with Crippen LogP contribution in [0.25, 0.3) is 0 Å². The van der Waals surface area contributed by atoms with Gasteiger partial charge in [0.25, 0.3) is 0 Å². The van der Waals surface area contributed by atoms with Crippen LogP contribution in [0.2, 0.25) is 0 Å². The molecule has 0 saturated carbocycles. The zero-order valence-corrected chi connectivity index (χ0v) is 16.0. The second kappa shape index (κ2) is 9.70. The highest BCUT2D eigenvalue weighted by molar-refractivity contribution is 7.80. The number of hydrazone groups is 1. The van der Waals surface area contributed by atoms with Crippen LogP contribution in [0, 0.1) is 0 Å². The number of thiocarbonyl (C=S) groups is 1. The molecule has 7 nitrogen and oxygen atoms in total. The molecule has 26 heavy (non-hydrogen) atoms. The number of ether oxygens (including phenoxy) is 3. The van der Waals surface area contributed by atoms with Gasteiger partial charge < -0.3 is 24.4 Å². The highest BCUT2D eigenvalue weighted by Crippen LogP contribution is 2.30. The number of hydrogen-bond donors (Lipinski definition) is 3. The van der Waals surface area contributed by atoms with Gasteiger partial charge in [0.15, 0.2) is 16.6 Å². The predicted octanol–water partition coefficient (Wildman–Crippen LogP) is -0.0489. The Kier molecular flexibility index (Phi) is 7.04. The smallest absolute Gasteiger partial charge is 0.187 e. The minimum Gasteiger partial charge on any atom is -0.490 e. The maximum absolute atomic E-state index is 5.73. The fraction of sp³-hybridized carbons (Fsp3) is 0.556. The van der Waals surface area contributed by atoms with E-state index in [0.717, 1.165) is 68.6 Å². The highest BCUT2D eigenvalue weighted by atomic mass is 32.1. The summed E-state index contributed by atoms with van der Waals surface area (Å²) in [5.74, 6) is 1.55. The molecule has 1 aromatic carbocycles. The van der Waals surface area contributed by atoms with Gasteiger partial charge in [0.2, 0.25) is 0 Å². The second-order valence-corrected chi connectivity index (χ2v) is 6.80. The van der Waals surface area contributed by atoms with Crippen LogP contribution in [0.1, 0.15) is 18.9 Å². The normalized spacial score (nSPS) is 18.1. The Balaban J connectivity index is 1.46. The molecule has 2 aliphatic rings. The third kappa shape index (κ3) is 5.55. The molecular formula is C18H27N4O3S+. The molecule has 0 spiro atoms. The van der Waals surface area contributed by atoms with Gasteiger partial charge in [-0.25, -0.2) is 0 Å². The number of rotatable bonds is 5. The summed E-state index contributed by atoms with van der Waals surface area (Å²) < 4.78 is 16.7. The van der Waals surface area contributed by atoms with Crippen LogP contribution in [0.5, 0.6) is 11.5 Å². The summed E-state index contributed by atoms with van der Waals surface area (Å²) in [7, 11) is 0. The van der Waals surface area contributed by atoms with E-state index in [1.165, 1.54) is 0 Å². The average Bonchev–Trinajstić information content (AvgIpc) is 2.91. The average molecular weight is 380 g/mol. The number of nitrogens with zero attached hydrogens (tertiary/aromatic N) is 1. The van der Waals surface area contributed by atoms with E-state index in [9.17, 15) is 0 Å². The Bertz CT molecular complexity index is 647. The monoisotopic (exact) mass is 379 g/mol. The minimum atomic E-state index is 0.534. The molecule has 0 radical (unpaired) electrons. The Labute approximate surface area is 159 Å². The van der Waals surface area contributed by atoms with E-state index >= 15 is 0 Å². The molecule has 1 aromatic rings. The van der Waals surface area contributed by atoms with Crippen molar-refractivity contribution in [3.8, 4) is 11.5 Å². The van der Waals surface area contributed by atoms with E-state index < -0.39 is 0 Å². The summed E-state index contributed by atoms with van der Waals surface area (Å²) in [5, 5.41) is 8.11. The Morgan fingerprint density at radius 2 is 1.92 bits per heavy atom. The lowest BCUT2D eigenvalue weighted by molar-refractivity contribution is -0.906. The summed E-state index contributed by atoms with van der Waals surface area (Å²) in [5.41, 5.74) is 4.72. The van der Waals surface area contributed by atoms with Crippen LogP contribution in [0.3, 0.4) is 0 Å². The van der Waals surface area contributed by atoms with Gasteiger partial charge >= 0.3 is 0 Å². The van der Waals surface area contributed by atoms with Crippen LogP contribution in [-0.4, -0.2) is 63.4 Å². The molecule has 2 aliphatic heterocycles. The second-order valence-electron chi connectivity index (χ2n) is 6.39. The number of benzene rings is 1. The van der Waals surface area contributed by atoms with Gasteiger partial charge in [-0.05, 0) is 37.3 Å². The summed E-state index contributed by atoms with van der Waals surface area (Å²) in [6.07, 6.45) is 0.894. The van der Waals surface area contributed by atoms with Crippen molar-refractivity contribution in [2.24, 2.45) is 5.10 Å². The van der Waals surface area contributed by atoms with Crippen LogP contribution in [0.15, 0.2) is 23.3 Å². The summed E-state index contributed by atoms with van der Waals surface area (Å²) in [4.78, 5) is 1.54. The molecule has 0 atom stereocenters. The van der Waals surface area contributed by atoms with E-state index in [1.54, 1.807) is 4.90 Å². The largest absolute Gasteiger partial charge is 0.490 e. The Morgan fingerprint density at radius 1 is 1.15 bits per heavy atom. The molecule has 1 saturated heterocycles. The molecule has 3 rings (SSSR count). The maximum Gasteiger partial charge on any atom is 0.187 e. The van der Waals surface area contributed by atoms with Crippen molar-refractivity contribution in [1.82, 2.24) is 10.7 Å². The number of nitrogens with one attached hydrogen (secondary N) is 3. The molecule has 2 heterocycles. The van der Waals surface area contributed by atoms with Crippen molar-refractivity contribution >= 4 is 23.0 Å². The summed E-state index contributed by atoms with van der Waals surface area (Å²) >= 11 is 5.30. The molecule has 0 bridgehead atoms. The molecule has 142 valence electrons. The third-order valence-electron chi connectivity index (χ3n) is 4.45. The molecule has 1 fully saturated rings. The fourth-order valence-corrected chi connectivity index (χ4v) is 3.04. The van der Waals surface area contributed by atoms with E-state index in [0.29, 0.717) is 18.3 Å². The van der Waals surface area contributed by atoms with Crippen molar-refractivity contribution in [3.63, 3.8) is 0 Å². The molecular weight excluding hydrogens is 352 g/mol. The van der Waals surface area contributed by atoms with Crippen molar-refractivity contribution < 1.29 is 19.1 Å². The van der Waals surface area contributed by atoms with Crippen molar-refractivity contribution in [1.29, 1.82) is 0 Å². The van der Waals surface area contributed by atoms with Crippen molar-refractivity contribution in [3.05, 3.63) is 23.8 Å². The van der Waals surface area contributed by atoms with Gasteiger partial charge in [-0.3, -0.25) is 5.43 Å². The first-order chi connectivity index (χ1) is 12.7. The van der Waals surface area contributed by atoms with Crippen molar-refractivity contribution in [2.75, 3.05) is 52.6 Å². The first-order valence-electron chi connectivity index (χ1n) is 9.12. The molecule has 8 heteroatoms. The van der Waals surface area contributed by atoms with E-state index in [4.69, 9.17) is 26.4 Å². The topological polar surface area (TPSA) is 68.6 Å². The number of quaternary nitrogens is 1. The van der Waals surface area contributed by atoms with Crippen LogP contribution in [0.4, 0.5) is 0 Å². The quantitative estimate of drug-likeness (QED) is 0.379. The van der Waals surface area contributed by atoms with Gasteiger partial charge in [0.05, 0.1) is 45.2 Å². The molecule has 0 aromatic heterocycles. The van der Waals surface area contributed by atoms with Gasteiger partial charge in [0.1, 0.15) is 13.1 Å². The maximum atomic E-state index is 5.73. The molecule has 0 amide bonds. The molecule has 0 aliphatic carbocycles. The van der Waals surface area contributed by atoms with E-state index in [-0.39, 0.29) is 0 Å². The van der Waals surface area contributed by atoms with Gasteiger partial charge in [-0.1, -0.05) is 0 Å². The first-order valence-corrected chi connectivity index (χ1v) is 9.52. The lowest BCUT2D eigenvalue weighted by Crippen LogP contribution is -3.14. The lowest BCUT2D eigenvalue weighted by Gasteiger charge is -2.23. The Morgan fingerprint density at radius 3 is 2.73 bits per heavy atom. The predicted molar refractivity (Wildman–Crippen MR) is 104 cm³/mol. The van der Waals surface area contributed by atoms with Crippen molar-refractivity contribution in [2.45, 2.75) is 13.3 Å². The minimum absolute atomic E-state index is 0.534. The number of morpholine rings is 1. The SMILES string of the molecule is C/C(=N/NC(=S)NCC[NH+]1CCOCC1)c1ccc2c(c1)OCCCO2. The Hall–Kier alpha value is -1.90. The molecule has 3 N–H and O–H groups in total. The van der Waals surface area contributed by atoms with Gasteiger partial charge in [-0.15, -0.1) is 0 Å². The summed E-state index contributed by atoms with van der Waals surface area (Å²) in [6, 6.07) is 5.86. The number of fused-ring (bicyclic) bond motifs is 1. The fourth-order valence-electron chi connectivity index (χ4n) is 2.89. The zero-order valence-electron chi connectivity index (χ0n) is 15.2. The van der Waals surface area contributed by atoms with Gasteiger partial charge in [0, 0.05) is 12.0 Å². The van der Waals surface area contributed by atoms with E-state index in [2.05, 4.69) is 15.8 Å². The van der Waals surface area contributed by atoms with Gasteiger partial charge in [-0.2, -0.15) is 5.10 Å². The van der Waals surface area contributed by atoms with Crippen LogP contribution < -0.4 is 25.1 Å². The zero-order chi connectivity index (χ0) is 18.2. The first kappa shape index (κ1) is 18.9. The number of hydrogen-bond acceptors (Lipinski definition) is 5. The van der Waals surface area contributed by atoms with Crippen LogP contribution >= 0.6 is 12.2 Å².